The van der Waals surface area contributed by atoms with E-state index in [-0.39, 0.29) is 41.8 Å². The zero-order valence-corrected chi connectivity index (χ0v) is 23.5. The Balaban J connectivity index is 1.44. The number of aromatic nitrogens is 3. The lowest BCUT2D eigenvalue weighted by molar-refractivity contribution is -0.384. The molecule has 1 N–H and O–H groups in total. The molecule has 42 heavy (non-hydrogen) atoms. The van der Waals surface area contributed by atoms with E-state index in [1.807, 2.05) is 18.9 Å². The Labute approximate surface area is 241 Å². The number of non-ortho nitro benzene ring substituents is 1. The molecule has 1 saturated heterocycles. The van der Waals surface area contributed by atoms with Crippen LogP contribution in [-0.4, -0.2) is 63.6 Å². The summed E-state index contributed by atoms with van der Waals surface area (Å²) >= 11 is 0. The van der Waals surface area contributed by atoms with Crippen LogP contribution in [0, 0.1) is 15.9 Å². The summed E-state index contributed by atoms with van der Waals surface area (Å²) in [6, 6.07) is 12.3. The van der Waals surface area contributed by atoms with Crippen LogP contribution >= 0.6 is 0 Å². The van der Waals surface area contributed by atoms with Gasteiger partial charge < -0.3 is 24.6 Å². The first-order valence-corrected chi connectivity index (χ1v) is 13.8. The van der Waals surface area contributed by atoms with Crippen LogP contribution in [0.2, 0.25) is 0 Å². The molecule has 0 saturated carbocycles. The highest BCUT2D eigenvalue weighted by Crippen LogP contribution is 2.32. The number of nitro benzene ring substituents is 1. The van der Waals surface area contributed by atoms with Gasteiger partial charge in [0.15, 0.2) is 12.4 Å². The maximum Gasteiger partial charge on any atom is 0.307 e. The molecule has 0 amide bonds. The van der Waals surface area contributed by atoms with Gasteiger partial charge in [0.1, 0.15) is 11.6 Å². The number of rotatable bonds is 11. The lowest BCUT2D eigenvalue weighted by Gasteiger charge is -2.34. The quantitative estimate of drug-likeness (QED) is 0.139. The van der Waals surface area contributed by atoms with Crippen LogP contribution in [0.1, 0.15) is 26.2 Å². The van der Waals surface area contributed by atoms with Crippen molar-refractivity contribution in [2.24, 2.45) is 0 Å². The second-order valence-electron chi connectivity index (χ2n) is 10.1. The first kappa shape index (κ1) is 28.7. The number of fused-ring (bicyclic) bond motifs is 1. The molecule has 0 spiro atoms. The highest BCUT2D eigenvalue weighted by Gasteiger charge is 2.19. The molecule has 0 radical (unpaired) electrons. The standard InChI is InChI=1S/C29H32FN7O5/c1-3-4-8-26(38)41-19-36-12-11-23-27(36)32-29(33-28(23)42-22-7-5-6-21(18-22)37(39)40)31-20-9-10-25(24(30)17-20)35-15-13-34(2)14-16-35/h5-7,9-12,17-18H,3-4,8,13-16,19H2,1-2H3,(H,31,32,33). The molecule has 2 aromatic heterocycles. The van der Waals surface area contributed by atoms with E-state index in [4.69, 9.17) is 9.47 Å². The van der Waals surface area contributed by atoms with Gasteiger partial charge in [0.25, 0.3) is 5.69 Å². The minimum Gasteiger partial charge on any atom is -0.444 e. The Morgan fingerprint density at radius 3 is 2.67 bits per heavy atom. The van der Waals surface area contributed by atoms with Crippen molar-refractivity contribution in [1.82, 2.24) is 19.4 Å². The fraction of sp³-hybridized carbons (Fsp3) is 0.345. The molecule has 12 nitrogen and oxygen atoms in total. The number of hydrogen-bond acceptors (Lipinski definition) is 10. The van der Waals surface area contributed by atoms with Crippen LogP contribution in [0.15, 0.2) is 54.7 Å². The van der Waals surface area contributed by atoms with Crippen molar-refractivity contribution >= 4 is 40.0 Å². The van der Waals surface area contributed by atoms with E-state index in [0.29, 0.717) is 28.8 Å². The zero-order chi connectivity index (χ0) is 29.6. The molecule has 0 atom stereocenters. The number of esters is 1. The Morgan fingerprint density at radius 1 is 1.12 bits per heavy atom. The van der Waals surface area contributed by atoms with Gasteiger partial charge in [-0.3, -0.25) is 19.5 Å². The van der Waals surface area contributed by atoms with E-state index in [9.17, 15) is 14.9 Å². The van der Waals surface area contributed by atoms with Gasteiger partial charge in [-0.2, -0.15) is 9.97 Å². The van der Waals surface area contributed by atoms with Gasteiger partial charge in [-0.15, -0.1) is 0 Å². The predicted molar refractivity (Wildman–Crippen MR) is 156 cm³/mol. The summed E-state index contributed by atoms with van der Waals surface area (Å²) in [7, 11) is 2.04. The fourth-order valence-electron chi connectivity index (χ4n) is 4.60. The number of halogens is 1. The number of ether oxygens (including phenoxy) is 2. The van der Waals surface area contributed by atoms with Crippen LogP contribution in [0.25, 0.3) is 11.0 Å². The molecule has 13 heteroatoms. The molecule has 0 unspecified atom stereocenters. The van der Waals surface area contributed by atoms with E-state index in [1.54, 1.807) is 35.0 Å². The molecule has 1 aliphatic rings. The number of piperazine rings is 1. The number of hydrogen-bond donors (Lipinski definition) is 1. The summed E-state index contributed by atoms with van der Waals surface area (Å²) in [5.41, 5.74) is 1.21. The average molecular weight is 578 g/mol. The second kappa shape index (κ2) is 12.8. The van der Waals surface area contributed by atoms with Gasteiger partial charge in [0.2, 0.25) is 11.8 Å². The highest BCUT2D eigenvalue weighted by molar-refractivity contribution is 5.83. The Morgan fingerprint density at radius 2 is 1.93 bits per heavy atom. The van der Waals surface area contributed by atoms with Crippen molar-refractivity contribution in [3.63, 3.8) is 0 Å². The predicted octanol–water partition coefficient (Wildman–Crippen LogP) is 5.46. The molecule has 3 heterocycles. The molecule has 5 rings (SSSR count). The van der Waals surface area contributed by atoms with Crippen molar-refractivity contribution in [1.29, 1.82) is 0 Å². The number of unbranched alkanes of at least 4 members (excludes halogenated alkanes) is 1. The summed E-state index contributed by atoms with van der Waals surface area (Å²) in [5.74, 6) is -0.270. The van der Waals surface area contributed by atoms with Crippen LogP contribution in [0.5, 0.6) is 11.6 Å². The molecule has 220 valence electrons. The van der Waals surface area contributed by atoms with Gasteiger partial charge in [-0.05, 0) is 43.8 Å². The Kier molecular flexibility index (Phi) is 8.77. The maximum atomic E-state index is 15.2. The number of benzene rings is 2. The summed E-state index contributed by atoms with van der Waals surface area (Å²) < 4.78 is 28.2. The molecule has 1 aliphatic heterocycles. The SMILES string of the molecule is CCCCC(=O)OCn1ccc2c(Oc3cccc([N+](=O)[O-])c3)nc(Nc3ccc(N4CCN(C)CC4)c(F)c3)nc21. The van der Waals surface area contributed by atoms with E-state index >= 15 is 4.39 Å². The van der Waals surface area contributed by atoms with E-state index in [2.05, 4.69) is 20.2 Å². The van der Waals surface area contributed by atoms with Gasteiger partial charge in [0.05, 0.1) is 22.1 Å². The lowest BCUT2D eigenvalue weighted by Crippen LogP contribution is -2.44. The number of carbonyl (C=O) groups excluding carboxylic acids is 1. The Bertz CT molecular complexity index is 1590. The highest BCUT2D eigenvalue weighted by atomic mass is 19.1. The first-order valence-electron chi connectivity index (χ1n) is 13.8. The fourth-order valence-corrected chi connectivity index (χ4v) is 4.60. The number of carbonyl (C=O) groups is 1. The molecule has 0 aliphatic carbocycles. The number of nitro groups is 1. The van der Waals surface area contributed by atoms with Crippen molar-refractivity contribution in [3.05, 3.63) is 70.7 Å². The third kappa shape index (κ3) is 6.74. The molecule has 2 aromatic carbocycles. The van der Waals surface area contributed by atoms with Crippen LogP contribution < -0.4 is 15.0 Å². The molecule has 0 bridgehead atoms. The zero-order valence-electron chi connectivity index (χ0n) is 23.5. The van der Waals surface area contributed by atoms with Crippen LogP contribution in [0.4, 0.5) is 27.4 Å². The third-order valence-electron chi connectivity index (χ3n) is 6.97. The summed E-state index contributed by atoms with van der Waals surface area (Å²) in [5, 5.41) is 14.8. The third-order valence-corrected chi connectivity index (χ3v) is 6.97. The average Bonchev–Trinajstić information content (AvgIpc) is 3.39. The topological polar surface area (TPSA) is 128 Å². The van der Waals surface area contributed by atoms with Crippen molar-refractivity contribution in [2.45, 2.75) is 32.9 Å². The minimum absolute atomic E-state index is 0.0763. The van der Waals surface area contributed by atoms with Crippen LogP contribution in [-0.2, 0) is 16.3 Å². The van der Waals surface area contributed by atoms with Crippen LogP contribution in [0.3, 0.4) is 0 Å². The van der Waals surface area contributed by atoms with Crippen molar-refractivity contribution < 1.29 is 23.6 Å². The first-order chi connectivity index (χ1) is 20.3. The van der Waals surface area contributed by atoms with E-state index < -0.39 is 4.92 Å². The second-order valence-corrected chi connectivity index (χ2v) is 10.1. The van der Waals surface area contributed by atoms with Gasteiger partial charge in [0, 0.05) is 50.6 Å². The molecular weight excluding hydrogens is 545 g/mol. The smallest absolute Gasteiger partial charge is 0.307 e. The van der Waals surface area contributed by atoms with E-state index in [0.717, 1.165) is 39.0 Å². The number of nitrogens with zero attached hydrogens (tertiary/aromatic N) is 6. The monoisotopic (exact) mass is 577 g/mol. The molecular formula is C29H32FN7O5. The summed E-state index contributed by atoms with van der Waals surface area (Å²) in [4.78, 5) is 36.2. The molecule has 4 aromatic rings. The normalized spacial score (nSPS) is 13.7. The summed E-state index contributed by atoms with van der Waals surface area (Å²) in [6.07, 6.45) is 3.60. The van der Waals surface area contributed by atoms with Crippen molar-refractivity contribution in [3.8, 4) is 11.6 Å². The van der Waals surface area contributed by atoms with Gasteiger partial charge >= 0.3 is 5.97 Å². The minimum atomic E-state index is -0.515. The van der Waals surface area contributed by atoms with E-state index in [1.165, 1.54) is 24.3 Å². The number of nitrogens with one attached hydrogen (secondary N) is 1. The number of likely N-dealkylation sites (N-methyl/N-ethyl adjacent to an activating group) is 1. The number of anilines is 3. The molecule has 1 fully saturated rings. The van der Waals surface area contributed by atoms with Gasteiger partial charge in [-0.25, -0.2) is 4.39 Å². The largest absolute Gasteiger partial charge is 0.444 e. The van der Waals surface area contributed by atoms with Gasteiger partial charge in [-0.1, -0.05) is 19.4 Å². The maximum absolute atomic E-state index is 15.2. The van der Waals surface area contributed by atoms with Crippen molar-refractivity contribution in [2.75, 3.05) is 43.4 Å². The lowest BCUT2D eigenvalue weighted by atomic mass is 10.2. The Hall–Kier alpha value is -4.78. The summed E-state index contributed by atoms with van der Waals surface area (Å²) in [6.45, 7) is 5.10.